The molecule has 0 aliphatic carbocycles. The first-order valence-electron chi connectivity index (χ1n) is 7.12. The average molecular weight is 331 g/mol. The van der Waals surface area contributed by atoms with E-state index in [-0.39, 0.29) is 0 Å². The summed E-state index contributed by atoms with van der Waals surface area (Å²) in [6, 6.07) is 9.19. The van der Waals surface area contributed by atoms with Crippen molar-refractivity contribution in [1.82, 2.24) is 4.98 Å². The van der Waals surface area contributed by atoms with E-state index < -0.39 is 10.0 Å². The van der Waals surface area contributed by atoms with E-state index in [1.54, 1.807) is 24.3 Å². The van der Waals surface area contributed by atoms with Crippen molar-refractivity contribution in [3.05, 3.63) is 59.2 Å². The molecule has 6 heteroatoms. The zero-order valence-corrected chi connectivity index (χ0v) is 14.3. The lowest BCUT2D eigenvalue weighted by Crippen LogP contribution is -2.26. The van der Waals surface area contributed by atoms with Gasteiger partial charge >= 0.3 is 0 Å². The first-order chi connectivity index (χ1) is 10.8. The number of hydrogen-bond donors (Lipinski definition) is 3. The summed E-state index contributed by atoms with van der Waals surface area (Å²) in [5, 5.41) is 5.33. The molecule has 0 spiro atoms. The Hall–Kier alpha value is -2.47. The van der Waals surface area contributed by atoms with Crippen LogP contribution in [0.5, 0.6) is 0 Å². The molecule has 1 aromatic carbocycles. The third-order valence-corrected chi connectivity index (χ3v) is 3.78. The summed E-state index contributed by atoms with van der Waals surface area (Å²) in [7, 11) is -3.29. The Kier molecular flexibility index (Phi) is 4.95. The van der Waals surface area contributed by atoms with Gasteiger partial charge in [-0.05, 0) is 44.2 Å². The fourth-order valence-electron chi connectivity index (χ4n) is 2.33. The molecule has 0 fully saturated rings. The third kappa shape index (κ3) is 4.75. The predicted molar refractivity (Wildman–Crippen MR) is 97.1 cm³/mol. The molecule has 0 unspecified atom stereocenters. The predicted octanol–water partition coefficient (Wildman–Crippen LogP) is 1.90. The molecular formula is C17H21N3O2S. The van der Waals surface area contributed by atoms with Gasteiger partial charge in [0.05, 0.1) is 11.9 Å². The first-order valence-corrected chi connectivity index (χ1v) is 9.02. The molecule has 0 saturated heterocycles. The number of hydrogen-bond acceptors (Lipinski definition) is 3. The number of nitrogens with one attached hydrogen (secondary N) is 3. The van der Waals surface area contributed by atoms with Crippen LogP contribution in [0, 0.1) is 6.92 Å². The molecule has 1 aromatic heterocycles. The number of aromatic amines is 1. The van der Waals surface area contributed by atoms with E-state index in [0.717, 1.165) is 33.9 Å². The number of benzene rings is 1. The lowest BCUT2D eigenvalue weighted by atomic mass is 10.2. The van der Waals surface area contributed by atoms with Crippen LogP contribution in [0.4, 0.5) is 11.4 Å². The van der Waals surface area contributed by atoms with E-state index in [9.17, 15) is 8.42 Å². The van der Waals surface area contributed by atoms with Gasteiger partial charge in [-0.25, -0.2) is 8.42 Å². The molecule has 0 saturated carbocycles. The highest BCUT2D eigenvalue weighted by Gasteiger charge is 2.03. The van der Waals surface area contributed by atoms with Gasteiger partial charge in [-0.1, -0.05) is 18.7 Å². The summed E-state index contributed by atoms with van der Waals surface area (Å²) in [6.45, 7) is 7.69. The van der Waals surface area contributed by atoms with Crippen LogP contribution in [0.3, 0.4) is 0 Å². The molecule has 2 rings (SSSR count). The summed E-state index contributed by atoms with van der Waals surface area (Å²) < 4.78 is 25.1. The SMILES string of the molecule is C=C/C=c1/[nH]c(C)c/c1=C(/C)Nc1cccc(NS(C)(=O)=O)c1. The van der Waals surface area contributed by atoms with Gasteiger partial charge in [0.2, 0.25) is 10.0 Å². The first kappa shape index (κ1) is 16.9. The van der Waals surface area contributed by atoms with E-state index in [2.05, 4.69) is 27.7 Å². The van der Waals surface area contributed by atoms with Crippen molar-refractivity contribution in [1.29, 1.82) is 0 Å². The zero-order chi connectivity index (χ0) is 17.0. The van der Waals surface area contributed by atoms with Gasteiger partial charge in [-0.15, -0.1) is 0 Å². The van der Waals surface area contributed by atoms with Gasteiger partial charge in [0.1, 0.15) is 0 Å². The Morgan fingerprint density at radius 2 is 1.96 bits per heavy atom. The van der Waals surface area contributed by atoms with E-state index in [0.29, 0.717) is 5.69 Å². The lowest BCUT2D eigenvalue weighted by molar-refractivity contribution is 0.607. The summed E-state index contributed by atoms with van der Waals surface area (Å²) >= 11 is 0. The van der Waals surface area contributed by atoms with Gasteiger partial charge in [0.25, 0.3) is 0 Å². The maximum absolute atomic E-state index is 11.3. The summed E-state index contributed by atoms with van der Waals surface area (Å²) in [5.41, 5.74) is 3.34. The maximum atomic E-state index is 11.3. The highest BCUT2D eigenvalue weighted by Crippen LogP contribution is 2.17. The molecule has 122 valence electrons. The van der Waals surface area contributed by atoms with Crippen molar-refractivity contribution in [2.45, 2.75) is 13.8 Å². The Bertz CT molecular complexity index is 940. The molecule has 0 radical (unpaired) electrons. The molecular weight excluding hydrogens is 310 g/mol. The number of allylic oxidation sites excluding steroid dienone is 1. The monoisotopic (exact) mass is 331 g/mol. The van der Waals surface area contributed by atoms with Crippen molar-refractivity contribution >= 4 is 33.2 Å². The van der Waals surface area contributed by atoms with Crippen LogP contribution in [0.2, 0.25) is 0 Å². The highest BCUT2D eigenvalue weighted by molar-refractivity contribution is 7.92. The summed E-state index contributed by atoms with van der Waals surface area (Å²) in [5.74, 6) is 0. The van der Waals surface area contributed by atoms with Crippen LogP contribution in [0.1, 0.15) is 12.6 Å². The fourth-order valence-corrected chi connectivity index (χ4v) is 2.88. The molecule has 0 bridgehead atoms. The second kappa shape index (κ2) is 6.75. The zero-order valence-electron chi connectivity index (χ0n) is 13.5. The third-order valence-electron chi connectivity index (χ3n) is 3.17. The molecule has 3 N–H and O–H groups in total. The number of aromatic nitrogens is 1. The molecule has 0 aliphatic rings. The van der Waals surface area contributed by atoms with Gasteiger partial charge in [0, 0.05) is 27.6 Å². The molecule has 5 nitrogen and oxygen atoms in total. The number of sulfonamides is 1. The van der Waals surface area contributed by atoms with Gasteiger partial charge in [-0.3, -0.25) is 4.72 Å². The topological polar surface area (TPSA) is 74.0 Å². The quantitative estimate of drug-likeness (QED) is 0.783. The van der Waals surface area contributed by atoms with Gasteiger partial charge < -0.3 is 10.3 Å². The minimum Gasteiger partial charge on any atom is -0.359 e. The van der Waals surface area contributed by atoms with Crippen LogP contribution >= 0.6 is 0 Å². The number of rotatable bonds is 5. The molecule has 2 aromatic rings. The lowest BCUT2D eigenvalue weighted by Gasteiger charge is -2.09. The summed E-state index contributed by atoms with van der Waals surface area (Å²) in [4.78, 5) is 3.28. The Morgan fingerprint density at radius 3 is 2.61 bits per heavy atom. The average Bonchev–Trinajstić information content (AvgIpc) is 2.78. The fraction of sp³-hybridized carbons (Fsp3) is 0.176. The minimum absolute atomic E-state index is 0.522. The van der Waals surface area contributed by atoms with Crippen LogP contribution in [-0.2, 0) is 10.0 Å². The molecule has 0 atom stereocenters. The van der Waals surface area contributed by atoms with E-state index in [4.69, 9.17) is 0 Å². The van der Waals surface area contributed by atoms with E-state index >= 15 is 0 Å². The standard InChI is InChI=1S/C17H21N3O2S/c1-5-7-17-16(10-12(2)18-17)13(3)19-14-8-6-9-15(11-14)20-23(4,21)22/h5-11,18-20H,1H2,2-4H3/b16-13+,17-7+. The maximum Gasteiger partial charge on any atom is 0.229 e. The Labute approximate surface area is 136 Å². The largest absolute Gasteiger partial charge is 0.359 e. The smallest absolute Gasteiger partial charge is 0.229 e. The minimum atomic E-state index is -3.29. The van der Waals surface area contributed by atoms with Crippen LogP contribution < -0.4 is 20.6 Å². The van der Waals surface area contributed by atoms with Gasteiger partial charge in [0.15, 0.2) is 0 Å². The Balaban J connectivity index is 2.39. The summed E-state index contributed by atoms with van der Waals surface area (Å²) in [6.07, 6.45) is 4.78. The van der Waals surface area contributed by atoms with Crippen molar-refractivity contribution in [3.8, 4) is 0 Å². The van der Waals surface area contributed by atoms with E-state index in [1.165, 1.54) is 0 Å². The van der Waals surface area contributed by atoms with E-state index in [1.807, 2.05) is 26.0 Å². The van der Waals surface area contributed by atoms with Crippen molar-refractivity contribution in [2.75, 3.05) is 16.3 Å². The molecule has 0 aliphatic heterocycles. The highest BCUT2D eigenvalue weighted by atomic mass is 32.2. The van der Waals surface area contributed by atoms with Crippen LogP contribution in [-0.4, -0.2) is 19.7 Å². The van der Waals surface area contributed by atoms with Crippen LogP contribution in [0.15, 0.2) is 43.0 Å². The van der Waals surface area contributed by atoms with Crippen LogP contribution in [0.25, 0.3) is 11.8 Å². The normalized spacial score (nSPS) is 13.6. The number of anilines is 2. The van der Waals surface area contributed by atoms with Crippen molar-refractivity contribution < 1.29 is 8.42 Å². The number of H-pyrrole nitrogens is 1. The second-order valence-corrected chi connectivity index (χ2v) is 7.14. The molecule has 0 amide bonds. The molecule has 23 heavy (non-hydrogen) atoms. The molecule has 1 heterocycles. The van der Waals surface area contributed by atoms with Crippen molar-refractivity contribution in [2.24, 2.45) is 0 Å². The van der Waals surface area contributed by atoms with Gasteiger partial charge in [-0.2, -0.15) is 0 Å². The van der Waals surface area contributed by atoms with Crippen molar-refractivity contribution in [3.63, 3.8) is 0 Å². The Morgan fingerprint density at radius 1 is 1.26 bits per heavy atom. The number of aryl methyl sites for hydroxylation is 1. The second-order valence-electron chi connectivity index (χ2n) is 5.39.